The molecule has 58 heavy (non-hydrogen) atoms. The first-order valence-electron chi connectivity index (χ1n) is 25.0. The Labute approximate surface area is 361 Å². The van der Waals surface area contributed by atoms with Crippen LogP contribution in [-0.2, 0) is 18.4 Å². The molecule has 0 radical (unpaired) electrons. The molecule has 0 aliphatic heterocycles. The third-order valence-corrected chi connectivity index (χ3v) is 12.5. The highest BCUT2D eigenvalue weighted by Crippen LogP contribution is 2.38. The third-order valence-electron chi connectivity index (χ3n) is 11.5. The van der Waals surface area contributed by atoms with Crippen molar-refractivity contribution in [2.45, 2.75) is 257 Å². The fraction of sp³-hybridized carbons (Fsp3) is 0.939. The summed E-state index contributed by atoms with van der Waals surface area (Å²) in [5, 5.41) is 14.0. The van der Waals surface area contributed by atoms with Crippen molar-refractivity contribution in [1.82, 2.24) is 5.32 Å². The summed E-state index contributed by atoms with van der Waals surface area (Å²) in [6.07, 6.45) is 47.9. The second-order valence-electron chi connectivity index (χ2n) is 18.5. The van der Waals surface area contributed by atoms with Gasteiger partial charge in [-0.25, -0.2) is 0 Å². The van der Waals surface area contributed by atoms with Crippen molar-refractivity contribution in [3.05, 3.63) is 12.2 Å². The Morgan fingerprint density at radius 1 is 0.586 bits per heavy atom. The molecule has 0 aliphatic carbocycles. The lowest BCUT2D eigenvalue weighted by molar-refractivity contribution is -0.870. The second-order valence-corrected chi connectivity index (χ2v) is 19.9. The van der Waals surface area contributed by atoms with Crippen LogP contribution in [0.1, 0.15) is 245 Å². The summed E-state index contributed by atoms with van der Waals surface area (Å²) in [6.45, 7) is 4.74. The van der Waals surface area contributed by atoms with E-state index in [-0.39, 0.29) is 19.1 Å². The molecule has 1 amide bonds. The van der Waals surface area contributed by atoms with Gasteiger partial charge in [0.15, 0.2) is 0 Å². The molecule has 0 aromatic heterocycles. The SMILES string of the molecule is CCCCCCCCC/C=C\CCCCCCCC(=O)NC(COP(=O)([O-])OCC[N+](C)(C)C)C(O)CCCCCCCCCCCCCCCCCCCCCC. The Bertz CT molecular complexity index is 958. The van der Waals surface area contributed by atoms with Gasteiger partial charge in [0.25, 0.3) is 7.82 Å². The molecular weight excluding hydrogens is 744 g/mol. The normalized spacial score (nSPS) is 14.3. The maximum Gasteiger partial charge on any atom is 0.268 e. The molecule has 0 rings (SSSR count). The minimum atomic E-state index is -4.57. The number of phosphoric ester groups is 1. The van der Waals surface area contributed by atoms with E-state index in [9.17, 15) is 19.4 Å². The minimum absolute atomic E-state index is 0.0127. The Hall–Kier alpha value is -0.760. The molecule has 0 spiro atoms. The van der Waals surface area contributed by atoms with Crippen LogP contribution in [0.2, 0.25) is 0 Å². The summed E-state index contributed by atoms with van der Waals surface area (Å²) >= 11 is 0. The maximum atomic E-state index is 12.9. The number of hydrogen-bond acceptors (Lipinski definition) is 6. The van der Waals surface area contributed by atoms with Crippen LogP contribution >= 0.6 is 7.82 Å². The van der Waals surface area contributed by atoms with Crippen LogP contribution in [0.3, 0.4) is 0 Å². The highest BCUT2D eigenvalue weighted by molar-refractivity contribution is 7.45. The predicted molar refractivity (Wildman–Crippen MR) is 247 cm³/mol. The fourth-order valence-electron chi connectivity index (χ4n) is 7.51. The van der Waals surface area contributed by atoms with E-state index in [1.807, 2.05) is 21.1 Å². The molecule has 0 aliphatic rings. The Kier molecular flexibility index (Phi) is 41.0. The van der Waals surface area contributed by atoms with E-state index in [0.29, 0.717) is 23.9 Å². The third kappa shape index (κ3) is 43.3. The van der Waals surface area contributed by atoms with Crippen LogP contribution in [0.15, 0.2) is 12.2 Å². The van der Waals surface area contributed by atoms with Gasteiger partial charge in [-0.3, -0.25) is 9.36 Å². The number of aliphatic hydroxyl groups excluding tert-OH is 1. The quantitative estimate of drug-likeness (QED) is 0.0273. The van der Waals surface area contributed by atoms with Gasteiger partial charge in [0.1, 0.15) is 13.2 Å². The number of hydrogen-bond donors (Lipinski definition) is 2. The number of allylic oxidation sites excluding steroid dienone is 2. The van der Waals surface area contributed by atoms with Crippen molar-refractivity contribution >= 4 is 13.7 Å². The Balaban J connectivity index is 4.27. The van der Waals surface area contributed by atoms with Gasteiger partial charge < -0.3 is 28.8 Å². The topological polar surface area (TPSA) is 108 Å². The number of rotatable bonds is 46. The number of nitrogens with zero attached hydrogens (tertiary/aromatic N) is 1. The van der Waals surface area contributed by atoms with Crippen molar-refractivity contribution in [2.24, 2.45) is 0 Å². The molecule has 0 saturated carbocycles. The van der Waals surface area contributed by atoms with Crippen LogP contribution in [0.25, 0.3) is 0 Å². The van der Waals surface area contributed by atoms with Gasteiger partial charge >= 0.3 is 0 Å². The summed E-state index contributed by atoms with van der Waals surface area (Å²) in [5.74, 6) is -0.170. The van der Waals surface area contributed by atoms with E-state index in [0.717, 1.165) is 51.4 Å². The second kappa shape index (κ2) is 41.6. The smallest absolute Gasteiger partial charge is 0.268 e. The molecule has 9 heteroatoms. The molecule has 0 heterocycles. The van der Waals surface area contributed by atoms with E-state index in [1.54, 1.807) is 0 Å². The van der Waals surface area contributed by atoms with Crippen LogP contribution < -0.4 is 10.2 Å². The number of amides is 1. The standard InChI is InChI=1S/C49H99N2O6P/c1-6-8-10-12-14-16-18-20-22-24-25-26-27-28-30-32-34-36-38-40-42-48(52)47(46-57-58(54,55)56-45-44-51(3,4)5)50-49(53)43-41-39-37-35-33-31-29-23-21-19-17-15-13-11-9-7-2/h23,29,47-48,52H,6-22,24-28,30-46H2,1-5H3,(H-,50,53,54,55)/b29-23-. The zero-order chi connectivity index (χ0) is 42.8. The fourth-order valence-corrected chi connectivity index (χ4v) is 8.23. The zero-order valence-corrected chi connectivity index (χ0v) is 40.2. The molecule has 0 fully saturated rings. The monoisotopic (exact) mass is 843 g/mol. The molecule has 2 N–H and O–H groups in total. The summed E-state index contributed by atoms with van der Waals surface area (Å²) < 4.78 is 23.3. The molecule has 0 saturated heterocycles. The number of quaternary nitrogens is 1. The number of likely N-dealkylation sites (N-methyl/N-ethyl adjacent to an activating group) is 1. The lowest BCUT2D eigenvalue weighted by Gasteiger charge is -2.30. The summed E-state index contributed by atoms with van der Waals surface area (Å²) in [5.41, 5.74) is 0. The van der Waals surface area contributed by atoms with Crippen molar-refractivity contribution in [3.63, 3.8) is 0 Å². The molecule has 0 aromatic rings. The largest absolute Gasteiger partial charge is 0.756 e. The number of aliphatic hydroxyl groups is 1. The summed E-state index contributed by atoms with van der Waals surface area (Å²) in [7, 11) is 1.31. The number of carbonyl (C=O) groups excluding carboxylic acids is 1. The predicted octanol–water partition coefficient (Wildman–Crippen LogP) is 13.7. The number of carbonyl (C=O) groups is 1. The van der Waals surface area contributed by atoms with Gasteiger partial charge in [-0.05, 0) is 38.5 Å². The van der Waals surface area contributed by atoms with E-state index >= 15 is 0 Å². The van der Waals surface area contributed by atoms with Crippen LogP contribution in [0.5, 0.6) is 0 Å². The average Bonchev–Trinajstić information content (AvgIpc) is 3.17. The first-order chi connectivity index (χ1) is 28.0. The van der Waals surface area contributed by atoms with Gasteiger partial charge in [0, 0.05) is 6.42 Å². The first kappa shape index (κ1) is 57.2. The Morgan fingerprint density at radius 2 is 0.948 bits per heavy atom. The lowest BCUT2D eigenvalue weighted by atomic mass is 10.0. The van der Waals surface area contributed by atoms with Gasteiger partial charge in [0.2, 0.25) is 5.91 Å². The van der Waals surface area contributed by atoms with E-state index in [4.69, 9.17) is 9.05 Å². The van der Waals surface area contributed by atoms with Crippen LogP contribution in [0.4, 0.5) is 0 Å². The molecule has 0 aromatic carbocycles. The number of unbranched alkanes of at least 4 members (excludes halogenated alkanes) is 31. The maximum absolute atomic E-state index is 12.9. The van der Waals surface area contributed by atoms with Crippen molar-refractivity contribution in [1.29, 1.82) is 0 Å². The molecule has 8 nitrogen and oxygen atoms in total. The average molecular weight is 843 g/mol. The summed E-state index contributed by atoms with van der Waals surface area (Å²) in [6, 6.07) is -0.801. The molecule has 0 bridgehead atoms. The zero-order valence-electron chi connectivity index (χ0n) is 39.3. The van der Waals surface area contributed by atoms with Gasteiger partial charge in [0.05, 0.1) is 39.9 Å². The highest BCUT2D eigenvalue weighted by atomic mass is 31.2. The first-order valence-corrected chi connectivity index (χ1v) is 26.5. The van der Waals surface area contributed by atoms with Crippen LogP contribution in [0, 0.1) is 0 Å². The van der Waals surface area contributed by atoms with Crippen molar-refractivity contribution < 1.29 is 32.9 Å². The minimum Gasteiger partial charge on any atom is -0.756 e. The molecule has 3 atom stereocenters. The summed E-state index contributed by atoms with van der Waals surface area (Å²) in [4.78, 5) is 25.4. The van der Waals surface area contributed by atoms with Gasteiger partial charge in [-0.1, -0.05) is 212 Å². The molecular formula is C49H99N2O6P. The van der Waals surface area contributed by atoms with E-state index in [1.165, 1.54) is 167 Å². The van der Waals surface area contributed by atoms with Crippen molar-refractivity contribution in [3.8, 4) is 0 Å². The molecule has 346 valence electrons. The van der Waals surface area contributed by atoms with Crippen molar-refractivity contribution in [2.75, 3.05) is 40.9 Å². The van der Waals surface area contributed by atoms with Gasteiger partial charge in [-0.15, -0.1) is 0 Å². The highest BCUT2D eigenvalue weighted by Gasteiger charge is 2.24. The number of phosphoric acid groups is 1. The Morgan fingerprint density at radius 3 is 1.34 bits per heavy atom. The number of nitrogens with one attached hydrogen (secondary N) is 1. The molecule has 3 unspecified atom stereocenters. The van der Waals surface area contributed by atoms with E-state index < -0.39 is 20.0 Å². The van der Waals surface area contributed by atoms with Crippen LogP contribution in [-0.4, -0.2) is 68.5 Å². The van der Waals surface area contributed by atoms with E-state index in [2.05, 4.69) is 31.3 Å². The van der Waals surface area contributed by atoms with Gasteiger partial charge in [-0.2, -0.15) is 0 Å². The lowest BCUT2D eigenvalue weighted by Crippen LogP contribution is -2.46.